The van der Waals surface area contributed by atoms with E-state index < -0.39 is 35.0 Å². The normalized spacial score (nSPS) is 15.2. The van der Waals surface area contributed by atoms with Crippen molar-refractivity contribution in [1.82, 2.24) is 0 Å². The number of carbonyl (C=O) groups excluding carboxylic acids is 3. The molecule has 0 rings (SSSR count). The molecule has 0 aliphatic rings. The molecule has 0 spiro atoms. The van der Waals surface area contributed by atoms with E-state index in [2.05, 4.69) is 13.2 Å². The predicted octanol–water partition coefficient (Wildman–Crippen LogP) is 1.23. The van der Waals surface area contributed by atoms with Gasteiger partial charge in [-0.1, -0.05) is 33.4 Å². The molecule has 154 valence electrons. The van der Waals surface area contributed by atoms with Crippen molar-refractivity contribution < 1.29 is 28.6 Å². The predicted molar refractivity (Wildman–Crippen MR) is 101 cm³/mol. The van der Waals surface area contributed by atoms with E-state index >= 15 is 0 Å². The fraction of sp³-hybridized carbons (Fsp3) is 0.632. The summed E-state index contributed by atoms with van der Waals surface area (Å²) in [5.74, 6) is -1.86. The van der Waals surface area contributed by atoms with E-state index in [-0.39, 0.29) is 26.2 Å². The van der Waals surface area contributed by atoms with Crippen LogP contribution in [0.4, 0.5) is 0 Å². The van der Waals surface area contributed by atoms with Crippen LogP contribution in [0.25, 0.3) is 0 Å². The largest absolute Gasteiger partial charge is 0.458 e. The summed E-state index contributed by atoms with van der Waals surface area (Å²) in [5.41, 5.74) is 10.8. The maximum atomic E-state index is 12.4. The number of nitrogens with two attached hydrogens (primary N) is 2. The van der Waals surface area contributed by atoms with Gasteiger partial charge in [-0.15, -0.1) is 0 Å². The third-order valence-corrected chi connectivity index (χ3v) is 4.18. The molecule has 2 unspecified atom stereocenters. The number of ether oxygens (including phenoxy) is 3. The first-order chi connectivity index (χ1) is 12.5. The third-order valence-electron chi connectivity index (χ3n) is 4.18. The first kappa shape index (κ1) is 24.8. The molecule has 0 aliphatic carbocycles. The highest BCUT2D eigenvalue weighted by molar-refractivity contribution is 5.81. The van der Waals surface area contributed by atoms with Gasteiger partial charge in [0.15, 0.2) is 6.10 Å². The van der Waals surface area contributed by atoms with E-state index in [9.17, 15) is 14.4 Å². The van der Waals surface area contributed by atoms with Crippen LogP contribution in [-0.2, 0) is 28.6 Å². The molecule has 0 amide bonds. The number of rotatable bonds is 13. The van der Waals surface area contributed by atoms with Gasteiger partial charge in [-0.2, -0.15) is 0 Å². The minimum Gasteiger partial charge on any atom is -0.458 e. The molecule has 0 aromatic carbocycles. The molecule has 27 heavy (non-hydrogen) atoms. The Balaban J connectivity index is 4.96. The van der Waals surface area contributed by atoms with E-state index in [1.807, 2.05) is 20.8 Å². The van der Waals surface area contributed by atoms with Crippen molar-refractivity contribution in [1.29, 1.82) is 0 Å². The molecule has 0 radical (unpaired) electrons. The zero-order chi connectivity index (χ0) is 21.1. The van der Waals surface area contributed by atoms with Crippen LogP contribution in [0, 0.1) is 5.41 Å². The molecular weight excluding hydrogens is 352 g/mol. The lowest BCUT2D eigenvalue weighted by Gasteiger charge is -2.35. The average molecular weight is 384 g/mol. The van der Waals surface area contributed by atoms with Crippen LogP contribution in [0.3, 0.4) is 0 Å². The summed E-state index contributed by atoms with van der Waals surface area (Å²) < 4.78 is 15.1. The molecule has 8 heteroatoms. The summed E-state index contributed by atoms with van der Waals surface area (Å²) in [6, 6.07) is 0. The molecule has 0 bridgehead atoms. The van der Waals surface area contributed by atoms with Crippen molar-refractivity contribution in [3.05, 3.63) is 25.3 Å². The van der Waals surface area contributed by atoms with Gasteiger partial charge in [0.05, 0.1) is 6.42 Å². The third kappa shape index (κ3) is 10.5. The molecule has 0 aliphatic heterocycles. The highest BCUT2D eigenvalue weighted by Crippen LogP contribution is 2.34. The molecule has 0 aromatic rings. The molecule has 0 saturated heterocycles. The highest BCUT2D eigenvalue weighted by atomic mass is 16.6. The standard InChI is InChI=1S/C19H32N2O6/c1-6-15(22)25-10-14(11-26-16(23)7-2)27-17(24)9-18(4,8-3)12-19(5,21)13-20/h6-7,14H,1-2,8-13,20-21H2,3-5H3. The summed E-state index contributed by atoms with van der Waals surface area (Å²) in [4.78, 5) is 34.9. The molecular formula is C19H32N2O6. The minimum absolute atomic E-state index is 0.0948. The van der Waals surface area contributed by atoms with Gasteiger partial charge in [0.2, 0.25) is 0 Å². The maximum absolute atomic E-state index is 12.4. The fourth-order valence-electron chi connectivity index (χ4n) is 2.52. The molecule has 2 atom stereocenters. The Kier molecular flexibility index (Phi) is 10.6. The second-order valence-corrected chi connectivity index (χ2v) is 7.16. The van der Waals surface area contributed by atoms with Crippen LogP contribution in [0.5, 0.6) is 0 Å². The molecule has 0 aromatic heterocycles. The second kappa shape index (κ2) is 11.5. The highest BCUT2D eigenvalue weighted by Gasteiger charge is 2.34. The zero-order valence-electron chi connectivity index (χ0n) is 16.5. The van der Waals surface area contributed by atoms with Gasteiger partial charge in [0, 0.05) is 24.2 Å². The Bertz CT molecular complexity index is 522. The first-order valence-corrected chi connectivity index (χ1v) is 8.77. The summed E-state index contributed by atoms with van der Waals surface area (Å²) in [6.07, 6.45) is 2.35. The Morgan fingerprint density at radius 1 is 1.07 bits per heavy atom. The Hall–Kier alpha value is -2.19. The van der Waals surface area contributed by atoms with Crippen molar-refractivity contribution in [3.63, 3.8) is 0 Å². The quantitative estimate of drug-likeness (QED) is 0.275. The maximum Gasteiger partial charge on any atom is 0.330 e. The number of hydrogen-bond donors (Lipinski definition) is 2. The lowest BCUT2D eigenvalue weighted by atomic mass is 9.74. The van der Waals surface area contributed by atoms with Gasteiger partial charge in [0.1, 0.15) is 13.2 Å². The van der Waals surface area contributed by atoms with Crippen LogP contribution >= 0.6 is 0 Å². The van der Waals surface area contributed by atoms with Crippen molar-refractivity contribution in [2.45, 2.75) is 51.7 Å². The SMILES string of the molecule is C=CC(=O)OCC(COC(=O)C=C)OC(=O)CC(C)(CC)CC(C)(N)CN. The van der Waals surface area contributed by atoms with E-state index in [1.54, 1.807) is 0 Å². The summed E-state index contributed by atoms with van der Waals surface area (Å²) in [6.45, 7) is 12.0. The van der Waals surface area contributed by atoms with Crippen molar-refractivity contribution in [3.8, 4) is 0 Å². The Morgan fingerprint density at radius 3 is 1.93 bits per heavy atom. The molecule has 0 saturated carbocycles. The molecule has 0 fully saturated rings. The number of hydrogen-bond acceptors (Lipinski definition) is 8. The summed E-state index contributed by atoms with van der Waals surface area (Å²) in [7, 11) is 0. The van der Waals surface area contributed by atoms with Gasteiger partial charge in [-0.3, -0.25) is 4.79 Å². The number of carbonyl (C=O) groups is 3. The van der Waals surface area contributed by atoms with Crippen LogP contribution in [-0.4, -0.2) is 49.3 Å². The fourth-order valence-corrected chi connectivity index (χ4v) is 2.52. The molecule has 0 heterocycles. The van der Waals surface area contributed by atoms with Crippen LogP contribution in [0.15, 0.2) is 25.3 Å². The van der Waals surface area contributed by atoms with Crippen LogP contribution < -0.4 is 11.5 Å². The lowest BCUT2D eigenvalue weighted by Crippen LogP contribution is -2.48. The van der Waals surface area contributed by atoms with Gasteiger partial charge in [-0.05, 0) is 18.8 Å². The average Bonchev–Trinajstić information content (AvgIpc) is 2.62. The van der Waals surface area contributed by atoms with Gasteiger partial charge < -0.3 is 25.7 Å². The van der Waals surface area contributed by atoms with E-state index in [1.165, 1.54) is 0 Å². The van der Waals surface area contributed by atoms with Crippen LogP contribution in [0.2, 0.25) is 0 Å². The van der Waals surface area contributed by atoms with Gasteiger partial charge in [-0.25, -0.2) is 9.59 Å². The topological polar surface area (TPSA) is 131 Å². The van der Waals surface area contributed by atoms with Crippen LogP contribution in [0.1, 0.15) is 40.0 Å². The summed E-state index contributed by atoms with van der Waals surface area (Å²) in [5, 5.41) is 0. The first-order valence-electron chi connectivity index (χ1n) is 8.77. The summed E-state index contributed by atoms with van der Waals surface area (Å²) >= 11 is 0. The monoisotopic (exact) mass is 384 g/mol. The minimum atomic E-state index is -0.940. The van der Waals surface area contributed by atoms with Gasteiger partial charge in [0.25, 0.3) is 0 Å². The zero-order valence-corrected chi connectivity index (χ0v) is 16.5. The van der Waals surface area contributed by atoms with Crippen molar-refractivity contribution >= 4 is 17.9 Å². The van der Waals surface area contributed by atoms with E-state index in [0.29, 0.717) is 12.8 Å². The molecule has 4 N–H and O–H groups in total. The lowest BCUT2D eigenvalue weighted by molar-refractivity contribution is -0.165. The van der Waals surface area contributed by atoms with Crippen molar-refractivity contribution in [2.24, 2.45) is 16.9 Å². The Labute approximate surface area is 160 Å². The van der Waals surface area contributed by atoms with Gasteiger partial charge >= 0.3 is 17.9 Å². The Morgan fingerprint density at radius 2 is 1.56 bits per heavy atom. The van der Waals surface area contributed by atoms with Crippen molar-refractivity contribution in [2.75, 3.05) is 19.8 Å². The second-order valence-electron chi connectivity index (χ2n) is 7.16. The van der Waals surface area contributed by atoms with E-state index in [4.69, 9.17) is 25.7 Å². The smallest absolute Gasteiger partial charge is 0.330 e. The molecule has 8 nitrogen and oxygen atoms in total. The number of esters is 3. The van der Waals surface area contributed by atoms with E-state index in [0.717, 1.165) is 12.2 Å².